The second kappa shape index (κ2) is 15.4. The summed E-state index contributed by atoms with van der Waals surface area (Å²) in [6, 6.07) is 0. The number of hydrogen-bond donors (Lipinski definition) is 1. The first kappa shape index (κ1) is 22.9. The largest absolute Gasteiger partial charge is 0.316 e. The molecule has 2 nitrogen and oxygen atoms in total. The van der Waals surface area contributed by atoms with Crippen molar-refractivity contribution in [2.75, 3.05) is 32.7 Å². The first-order chi connectivity index (χ1) is 11.2. The Kier molecular flexibility index (Phi) is 15.4. The molecule has 0 spiro atoms. The number of rotatable bonds is 11. The van der Waals surface area contributed by atoms with E-state index in [0.717, 1.165) is 30.8 Å². The van der Waals surface area contributed by atoms with Crippen LogP contribution in [0.2, 0.25) is 0 Å². The van der Waals surface area contributed by atoms with Gasteiger partial charge < -0.3 is 10.2 Å². The Labute approximate surface area is 147 Å². The molecule has 0 aliphatic heterocycles. The van der Waals surface area contributed by atoms with Crippen LogP contribution < -0.4 is 5.32 Å². The quantitative estimate of drug-likeness (QED) is 0.499. The predicted octanol–water partition coefficient (Wildman–Crippen LogP) is 5.58. The van der Waals surface area contributed by atoms with E-state index < -0.39 is 0 Å². The molecule has 0 aromatic rings. The molecule has 0 saturated heterocycles. The van der Waals surface area contributed by atoms with Crippen LogP contribution >= 0.6 is 0 Å². The second-order valence-electron chi connectivity index (χ2n) is 7.50. The highest BCUT2D eigenvalue weighted by atomic mass is 15.1. The lowest BCUT2D eigenvalue weighted by atomic mass is 9.77. The summed E-state index contributed by atoms with van der Waals surface area (Å²) in [5.74, 6) is 2.92. The van der Waals surface area contributed by atoms with Crippen LogP contribution in [0.5, 0.6) is 0 Å². The fourth-order valence-electron chi connectivity index (χ4n) is 3.85. The van der Waals surface area contributed by atoms with Crippen molar-refractivity contribution in [2.24, 2.45) is 17.8 Å². The molecule has 1 aliphatic rings. The first-order valence-electron chi connectivity index (χ1n) is 10.6. The second-order valence-corrected chi connectivity index (χ2v) is 7.50. The average molecular weight is 327 g/mol. The molecule has 0 radical (unpaired) electrons. The van der Waals surface area contributed by atoms with Gasteiger partial charge in [-0.15, -0.1) is 0 Å². The Bertz CT molecular complexity index is 232. The third-order valence-electron chi connectivity index (χ3n) is 5.02. The van der Waals surface area contributed by atoms with Gasteiger partial charge in [0, 0.05) is 13.1 Å². The molecule has 0 unspecified atom stereocenters. The summed E-state index contributed by atoms with van der Waals surface area (Å²) in [6.07, 6.45) is 10.1. The van der Waals surface area contributed by atoms with Gasteiger partial charge in [0.05, 0.1) is 0 Å². The molecule has 1 saturated carbocycles. The van der Waals surface area contributed by atoms with E-state index in [1.165, 1.54) is 64.6 Å². The van der Waals surface area contributed by atoms with Gasteiger partial charge in [0.1, 0.15) is 0 Å². The molecule has 2 heteroatoms. The van der Waals surface area contributed by atoms with E-state index in [9.17, 15) is 0 Å². The highest BCUT2D eigenvalue weighted by Gasteiger charge is 2.22. The summed E-state index contributed by atoms with van der Waals surface area (Å²) in [4.78, 5) is 2.67. The van der Waals surface area contributed by atoms with Crippen LogP contribution in [-0.4, -0.2) is 37.6 Å². The fourth-order valence-corrected chi connectivity index (χ4v) is 3.85. The van der Waals surface area contributed by atoms with Crippen LogP contribution in [-0.2, 0) is 0 Å². The number of nitrogens with zero attached hydrogens (tertiary/aromatic N) is 1. The predicted molar refractivity (Wildman–Crippen MR) is 106 cm³/mol. The van der Waals surface area contributed by atoms with Crippen molar-refractivity contribution < 1.29 is 0 Å². The zero-order chi connectivity index (χ0) is 17.5. The fraction of sp³-hybridized carbons (Fsp3) is 1.00. The molecule has 0 aromatic carbocycles. The lowest BCUT2D eigenvalue weighted by Gasteiger charge is -2.31. The Morgan fingerprint density at radius 2 is 1.52 bits per heavy atom. The van der Waals surface area contributed by atoms with Gasteiger partial charge in [0.2, 0.25) is 0 Å². The zero-order valence-electron chi connectivity index (χ0n) is 17.2. The average Bonchev–Trinajstić information content (AvgIpc) is 2.55. The van der Waals surface area contributed by atoms with E-state index >= 15 is 0 Å². The molecule has 140 valence electrons. The lowest BCUT2D eigenvalue weighted by Crippen LogP contribution is -2.34. The van der Waals surface area contributed by atoms with Gasteiger partial charge >= 0.3 is 0 Å². The van der Waals surface area contributed by atoms with Gasteiger partial charge in [0.15, 0.2) is 0 Å². The SMILES string of the molecule is CC.CCCN(CCNCC)CCC1CCC(CC(C)C)CC1. The summed E-state index contributed by atoms with van der Waals surface area (Å²) in [6.45, 7) is 19.3. The maximum atomic E-state index is 3.46. The number of likely N-dealkylation sites (N-methyl/N-ethyl adjacent to an activating group) is 1. The summed E-state index contributed by atoms with van der Waals surface area (Å²) in [5, 5.41) is 3.46. The molecule has 1 N–H and O–H groups in total. The lowest BCUT2D eigenvalue weighted by molar-refractivity contribution is 0.200. The standard InChI is InChI=1S/C19H40N2.C2H6/c1-5-13-21(15-12-20-6-2)14-11-18-7-9-19(10-8-18)16-17(3)4;1-2/h17-20H,5-16H2,1-4H3;1-2H3. The molecule has 1 fully saturated rings. The van der Waals surface area contributed by atoms with Crippen LogP contribution in [0.15, 0.2) is 0 Å². The summed E-state index contributed by atoms with van der Waals surface area (Å²) in [7, 11) is 0. The topological polar surface area (TPSA) is 15.3 Å². The van der Waals surface area contributed by atoms with Crippen LogP contribution in [0.25, 0.3) is 0 Å². The Morgan fingerprint density at radius 3 is 2.04 bits per heavy atom. The monoisotopic (exact) mass is 326 g/mol. The molecule has 0 heterocycles. The van der Waals surface area contributed by atoms with Gasteiger partial charge in [-0.05, 0) is 56.7 Å². The van der Waals surface area contributed by atoms with Gasteiger partial charge in [0.25, 0.3) is 0 Å². The number of nitrogens with one attached hydrogen (secondary N) is 1. The van der Waals surface area contributed by atoms with Crippen molar-refractivity contribution in [3.05, 3.63) is 0 Å². The van der Waals surface area contributed by atoms with E-state index in [2.05, 4.69) is 37.9 Å². The van der Waals surface area contributed by atoms with Gasteiger partial charge in [-0.1, -0.05) is 67.2 Å². The van der Waals surface area contributed by atoms with Crippen LogP contribution in [0.4, 0.5) is 0 Å². The molecule has 0 amide bonds. The van der Waals surface area contributed by atoms with E-state index in [0.29, 0.717) is 0 Å². The van der Waals surface area contributed by atoms with Crippen LogP contribution in [0, 0.1) is 17.8 Å². The van der Waals surface area contributed by atoms with Gasteiger partial charge in [-0.3, -0.25) is 0 Å². The van der Waals surface area contributed by atoms with Crippen molar-refractivity contribution in [1.82, 2.24) is 10.2 Å². The van der Waals surface area contributed by atoms with Crippen LogP contribution in [0.3, 0.4) is 0 Å². The van der Waals surface area contributed by atoms with Crippen molar-refractivity contribution in [2.45, 2.75) is 86.5 Å². The molecule has 1 aliphatic carbocycles. The molecular formula is C21H46N2. The minimum absolute atomic E-state index is 0.887. The Morgan fingerprint density at radius 1 is 0.913 bits per heavy atom. The normalized spacial score (nSPS) is 21.4. The summed E-state index contributed by atoms with van der Waals surface area (Å²) < 4.78 is 0. The van der Waals surface area contributed by atoms with Crippen molar-refractivity contribution >= 4 is 0 Å². The summed E-state index contributed by atoms with van der Waals surface area (Å²) in [5.41, 5.74) is 0. The minimum Gasteiger partial charge on any atom is -0.316 e. The highest BCUT2D eigenvalue weighted by Crippen LogP contribution is 2.34. The molecule has 1 rings (SSSR count). The third-order valence-corrected chi connectivity index (χ3v) is 5.02. The molecule has 23 heavy (non-hydrogen) atoms. The minimum atomic E-state index is 0.887. The molecular weight excluding hydrogens is 280 g/mol. The summed E-state index contributed by atoms with van der Waals surface area (Å²) >= 11 is 0. The van der Waals surface area contributed by atoms with Gasteiger partial charge in [-0.25, -0.2) is 0 Å². The van der Waals surface area contributed by atoms with E-state index in [1.807, 2.05) is 13.8 Å². The molecule has 0 atom stereocenters. The van der Waals surface area contributed by atoms with Crippen molar-refractivity contribution in [3.63, 3.8) is 0 Å². The maximum absolute atomic E-state index is 3.46. The smallest absolute Gasteiger partial charge is 0.0107 e. The first-order valence-corrected chi connectivity index (χ1v) is 10.6. The number of hydrogen-bond acceptors (Lipinski definition) is 2. The van der Waals surface area contributed by atoms with E-state index in [-0.39, 0.29) is 0 Å². The molecule has 0 aromatic heterocycles. The van der Waals surface area contributed by atoms with Crippen molar-refractivity contribution in [1.29, 1.82) is 0 Å². The third kappa shape index (κ3) is 12.0. The van der Waals surface area contributed by atoms with Gasteiger partial charge in [-0.2, -0.15) is 0 Å². The molecule has 0 bridgehead atoms. The maximum Gasteiger partial charge on any atom is 0.0107 e. The van der Waals surface area contributed by atoms with E-state index in [4.69, 9.17) is 0 Å². The van der Waals surface area contributed by atoms with E-state index in [1.54, 1.807) is 0 Å². The highest BCUT2D eigenvalue weighted by molar-refractivity contribution is 4.74. The Balaban J connectivity index is 0.00000232. The Hall–Kier alpha value is -0.0800. The van der Waals surface area contributed by atoms with Crippen molar-refractivity contribution in [3.8, 4) is 0 Å². The zero-order valence-corrected chi connectivity index (χ0v) is 17.2. The van der Waals surface area contributed by atoms with Crippen LogP contribution in [0.1, 0.15) is 86.5 Å².